The summed E-state index contributed by atoms with van der Waals surface area (Å²) >= 11 is 0. The van der Waals surface area contributed by atoms with Gasteiger partial charge in [0.05, 0.1) is 11.3 Å². The molecule has 118 valence electrons. The normalized spacial score (nSPS) is 17.9. The summed E-state index contributed by atoms with van der Waals surface area (Å²) in [4.78, 5) is 1.99. The molecule has 2 rings (SSSR count). The van der Waals surface area contributed by atoms with E-state index in [0.717, 1.165) is 31.4 Å². The lowest BCUT2D eigenvalue weighted by atomic mass is 10.0. The van der Waals surface area contributed by atoms with Gasteiger partial charge in [-0.2, -0.15) is 0 Å². The second-order valence-corrected chi connectivity index (χ2v) is 7.57. The van der Waals surface area contributed by atoms with Crippen molar-refractivity contribution in [2.24, 2.45) is 0 Å². The van der Waals surface area contributed by atoms with Crippen LogP contribution in [-0.2, 0) is 10.0 Å². The van der Waals surface area contributed by atoms with Gasteiger partial charge in [0.2, 0.25) is 10.0 Å². The van der Waals surface area contributed by atoms with Crippen LogP contribution in [0.4, 0.5) is 11.4 Å². The second kappa shape index (κ2) is 5.82. The molecule has 0 bridgehead atoms. The van der Waals surface area contributed by atoms with Crippen LogP contribution in [0.25, 0.3) is 0 Å². The summed E-state index contributed by atoms with van der Waals surface area (Å²) < 4.78 is 25.8. The highest BCUT2D eigenvalue weighted by Crippen LogP contribution is 2.32. The maximum Gasteiger partial charge on any atom is 0.242 e. The summed E-state index contributed by atoms with van der Waals surface area (Å²) in [5.74, 6) is 0. The molecule has 0 radical (unpaired) electrons. The number of hydrogen-bond donors (Lipinski definition) is 3. The highest BCUT2D eigenvalue weighted by atomic mass is 32.2. The Balaban J connectivity index is 2.20. The third kappa shape index (κ3) is 3.48. The molecule has 7 heteroatoms. The minimum absolute atomic E-state index is 0.0710. The molecule has 0 heterocycles. The summed E-state index contributed by atoms with van der Waals surface area (Å²) in [6.07, 6.45) is 3.70. The first-order valence-electron chi connectivity index (χ1n) is 7.04. The average Bonchev–Trinajstić information content (AvgIpc) is 2.84. The van der Waals surface area contributed by atoms with Crippen LogP contribution in [0.3, 0.4) is 0 Å². The highest BCUT2D eigenvalue weighted by molar-refractivity contribution is 7.89. The molecule has 0 aromatic heterocycles. The van der Waals surface area contributed by atoms with Gasteiger partial charge in [-0.25, -0.2) is 13.1 Å². The fourth-order valence-corrected chi connectivity index (χ4v) is 3.69. The van der Waals surface area contributed by atoms with Gasteiger partial charge < -0.3 is 15.7 Å². The summed E-state index contributed by atoms with van der Waals surface area (Å²) in [5.41, 5.74) is 6.20. The van der Waals surface area contributed by atoms with Gasteiger partial charge in [0.15, 0.2) is 0 Å². The summed E-state index contributed by atoms with van der Waals surface area (Å²) in [6, 6.07) is 4.83. The molecule has 0 aliphatic heterocycles. The third-order valence-electron chi connectivity index (χ3n) is 4.06. The molecule has 1 saturated carbocycles. The SMILES string of the molecule is CNS(=O)(=O)c1ccc(N(C)CC2(O)CCCC2)cc1N. The summed E-state index contributed by atoms with van der Waals surface area (Å²) in [7, 11) is -0.325. The van der Waals surface area contributed by atoms with Crippen LogP contribution in [0.5, 0.6) is 0 Å². The van der Waals surface area contributed by atoms with Gasteiger partial charge in [-0.3, -0.25) is 0 Å². The third-order valence-corrected chi connectivity index (χ3v) is 5.55. The van der Waals surface area contributed by atoms with E-state index in [1.54, 1.807) is 12.1 Å². The number of benzene rings is 1. The molecule has 1 fully saturated rings. The number of hydrogen-bond acceptors (Lipinski definition) is 5. The topological polar surface area (TPSA) is 95.7 Å². The maximum atomic E-state index is 11.8. The molecule has 21 heavy (non-hydrogen) atoms. The maximum absolute atomic E-state index is 11.8. The van der Waals surface area contributed by atoms with Crippen LogP contribution >= 0.6 is 0 Å². The predicted molar refractivity (Wildman–Crippen MR) is 83.8 cm³/mol. The lowest BCUT2D eigenvalue weighted by Crippen LogP contribution is -2.39. The Bertz CT molecular complexity index is 610. The zero-order valence-corrected chi connectivity index (χ0v) is 13.3. The molecule has 1 aliphatic carbocycles. The van der Waals surface area contributed by atoms with Gasteiger partial charge in [0.25, 0.3) is 0 Å². The number of nitrogens with zero attached hydrogens (tertiary/aromatic N) is 1. The van der Waals surface area contributed by atoms with Crippen LogP contribution in [0.1, 0.15) is 25.7 Å². The average molecular weight is 313 g/mol. The summed E-state index contributed by atoms with van der Waals surface area (Å²) in [5, 5.41) is 10.4. The van der Waals surface area contributed by atoms with E-state index in [1.165, 1.54) is 13.1 Å². The minimum atomic E-state index is -3.55. The highest BCUT2D eigenvalue weighted by Gasteiger charge is 2.32. The Morgan fingerprint density at radius 3 is 2.52 bits per heavy atom. The zero-order valence-electron chi connectivity index (χ0n) is 12.5. The molecule has 1 aromatic rings. The first-order valence-corrected chi connectivity index (χ1v) is 8.52. The smallest absolute Gasteiger partial charge is 0.242 e. The van der Waals surface area contributed by atoms with Crippen LogP contribution in [0.15, 0.2) is 23.1 Å². The molecular weight excluding hydrogens is 290 g/mol. The first-order chi connectivity index (χ1) is 9.77. The number of sulfonamides is 1. The van der Waals surface area contributed by atoms with Gasteiger partial charge >= 0.3 is 0 Å². The zero-order chi connectivity index (χ0) is 15.7. The summed E-state index contributed by atoms with van der Waals surface area (Å²) in [6.45, 7) is 0.518. The van der Waals surface area contributed by atoms with Gasteiger partial charge in [0.1, 0.15) is 4.90 Å². The molecule has 6 nitrogen and oxygen atoms in total. The van der Waals surface area contributed by atoms with Crippen LogP contribution in [0.2, 0.25) is 0 Å². The molecule has 1 aliphatic rings. The van der Waals surface area contributed by atoms with Gasteiger partial charge in [-0.15, -0.1) is 0 Å². The van der Waals surface area contributed by atoms with E-state index in [4.69, 9.17) is 5.73 Å². The van der Waals surface area contributed by atoms with Gasteiger partial charge in [-0.05, 0) is 38.1 Å². The number of anilines is 2. The van der Waals surface area contributed by atoms with Gasteiger partial charge in [-0.1, -0.05) is 12.8 Å². The Morgan fingerprint density at radius 2 is 2.00 bits per heavy atom. The van der Waals surface area contributed by atoms with E-state index in [1.807, 2.05) is 11.9 Å². The lowest BCUT2D eigenvalue weighted by molar-refractivity contribution is 0.0559. The number of aliphatic hydroxyl groups is 1. The Labute approximate surface area is 126 Å². The molecule has 0 atom stereocenters. The van der Waals surface area contributed by atoms with Crippen molar-refractivity contribution in [1.29, 1.82) is 0 Å². The fourth-order valence-electron chi connectivity index (χ4n) is 2.85. The second-order valence-electron chi connectivity index (χ2n) is 5.72. The van der Waals surface area contributed by atoms with Crippen molar-refractivity contribution in [2.45, 2.75) is 36.2 Å². The van der Waals surface area contributed by atoms with Crippen molar-refractivity contribution in [3.63, 3.8) is 0 Å². The Hall–Kier alpha value is -1.31. The molecule has 0 saturated heterocycles. The first kappa shape index (κ1) is 16.1. The number of nitrogen functional groups attached to an aromatic ring is 1. The minimum Gasteiger partial charge on any atom is -0.398 e. The Kier molecular flexibility index (Phi) is 4.46. The van der Waals surface area contributed by atoms with Crippen LogP contribution in [0, 0.1) is 0 Å². The van der Waals surface area contributed by atoms with E-state index < -0.39 is 15.6 Å². The number of rotatable bonds is 5. The van der Waals surface area contributed by atoms with E-state index in [0.29, 0.717) is 6.54 Å². The van der Waals surface area contributed by atoms with Crippen molar-refractivity contribution in [1.82, 2.24) is 4.72 Å². The van der Waals surface area contributed by atoms with E-state index in [9.17, 15) is 13.5 Å². The molecule has 0 amide bonds. The molecular formula is C14H23N3O3S. The van der Waals surface area contributed by atoms with Crippen LogP contribution in [-0.4, -0.2) is 39.8 Å². The van der Waals surface area contributed by atoms with E-state index >= 15 is 0 Å². The quantitative estimate of drug-likeness (QED) is 0.703. The lowest BCUT2D eigenvalue weighted by Gasteiger charge is -2.30. The van der Waals surface area contributed by atoms with Crippen molar-refractivity contribution >= 4 is 21.4 Å². The van der Waals surface area contributed by atoms with Crippen LogP contribution < -0.4 is 15.4 Å². The monoisotopic (exact) mass is 313 g/mol. The standard InChI is InChI=1S/C14H23N3O3S/c1-16-21(19,20)13-6-5-11(9-12(13)15)17(2)10-14(18)7-3-4-8-14/h5-6,9,16,18H,3-4,7-8,10,15H2,1-2H3. The number of nitrogens with two attached hydrogens (primary N) is 1. The Morgan fingerprint density at radius 1 is 1.38 bits per heavy atom. The van der Waals surface area contributed by atoms with Crippen molar-refractivity contribution in [3.8, 4) is 0 Å². The number of nitrogens with one attached hydrogen (secondary N) is 1. The van der Waals surface area contributed by atoms with E-state index in [-0.39, 0.29) is 10.6 Å². The van der Waals surface area contributed by atoms with Gasteiger partial charge in [0, 0.05) is 19.3 Å². The van der Waals surface area contributed by atoms with E-state index in [2.05, 4.69) is 4.72 Å². The van der Waals surface area contributed by atoms with Crippen molar-refractivity contribution in [3.05, 3.63) is 18.2 Å². The molecule has 4 N–H and O–H groups in total. The molecule has 0 unspecified atom stereocenters. The van der Waals surface area contributed by atoms with Crippen molar-refractivity contribution < 1.29 is 13.5 Å². The molecule has 0 spiro atoms. The number of likely N-dealkylation sites (N-methyl/N-ethyl adjacent to an activating group) is 1. The molecule has 1 aromatic carbocycles. The van der Waals surface area contributed by atoms with Crippen molar-refractivity contribution in [2.75, 3.05) is 31.3 Å². The largest absolute Gasteiger partial charge is 0.398 e. The predicted octanol–water partition coefficient (Wildman–Crippen LogP) is 0.918. The fraction of sp³-hybridized carbons (Fsp3) is 0.571.